The van der Waals surface area contributed by atoms with Crippen molar-refractivity contribution in [3.8, 4) is 78.4 Å². The van der Waals surface area contributed by atoms with Crippen LogP contribution in [0.1, 0.15) is 49.9 Å². The van der Waals surface area contributed by atoms with Gasteiger partial charge in [0, 0.05) is 27.5 Å². The number of aromatic nitrogens is 2. The fourth-order valence-electron chi connectivity index (χ4n) is 10.6. The molecular weight excluding hydrogens is 749 g/mol. The Labute approximate surface area is 363 Å². The zero-order chi connectivity index (χ0) is 41.7. The van der Waals surface area contributed by atoms with Gasteiger partial charge in [-0.1, -0.05) is 191 Å². The van der Waals surface area contributed by atoms with E-state index >= 15 is 0 Å². The van der Waals surface area contributed by atoms with E-state index in [0.29, 0.717) is 5.82 Å². The molecule has 2 nitrogen and oxygen atoms in total. The molecule has 62 heavy (non-hydrogen) atoms. The molecule has 0 unspecified atom stereocenters. The van der Waals surface area contributed by atoms with Gasteiger partial charge in [0.25, 0.3) is 0 Å². The highest BCUT2D eigenvalue weighted by molar-refractivity contribution is 6.09. The van der Waals surface area contributed by atoms with E-state index in [9.17, 15) is 0 Å². The number of fused-ring (bicyclic) bond motifs is 9. The monoisotopic (exact) mass is 792 g/mol. The topological polar surface area (TPSA) is 25.8 Å². The van der Waals surface area contributed by atoms with Crippen LogP contribution in [0.3, 0.4) is 0 Å². The van der Waals surface area contributed by atoms with Gasteiger partial charge < -0.3 is 0 Å². The first-order valence-electron chi connectivity index (χ1n) is 21.7. The van der Waals surface area contributed by atoms with Gasteiger partial charge in [0.15, 0.2) is 5.82 Å². The molecule has 0 bridgehead atoms. The van der Waals surface area contributed by atoms with Crippen LogP contribution < -0.4 is 0 Å². The van der Waals surface area contributed by atoms with Gasteiger partial charge in [-0.05, 0) is 119 Å². The minimum absolute atomic E-state index is 0.0936. The Hall–Kier alpha value is -7.42. The number of hydrogen-bond acceptors (Lipinski definition) is 2. The molecule has 0 radical (unpaired) electrons. The molecular formula is C60H44N2. The maximum absolute atomic E-state index is 5.25. The van der Waals surface area contributed by atoms with E-state index in [1.165, 1.54) is 88.3 Å². The summed E-state index contributed by atoms with van der Waals surface area (Å²) in [5.74, 6) is 0.710. The van der Waals surface area contributed by atoms with Crippen LogP contribution in [0.25, 0.3) is 100.0 Å². The SMILES string of the molecule is CC1(C)c2cc3ccccc3cc2-c2c(-c3cccc(-c4cc(-c5ccc(-c6cc7c(c8ccccc68)-c6ccccc6C7(C)C)cc5)nc(-c5ccccc5)n4)c3)cccc21. The Morgan fingerprint density at radius 2 is 0.887 bits per heavy atom. The number of rotatable bonds is 5. The lowest BCUT2D eigenvalue weighted by Gasteiger charge is -2.23. The minimum atomic E-state index is -0.111. The number of nitrogens with zero attached hydrogens (tertiary/aromatic N) is 2. The van der Waals surface area contributed by atoms with Crippen molar-refractivity contribution in [3.05, 3.63) is 216 Å². The number of hydrogen-bond donors (Lipinski definition) is 0. The van der Waals surface area contributed by atoms with E-state index < -0.39 is 0 Å². The van der Waals surface area contributed by atoms with Crippen molar-refractivity contribution in [2.75, 3.05) is 0 Å². The Bertz CT molecular complexity index is 3450. The van der Waals surface area contributed by atoms with Gasteiger partial charge in [0.2, 0.25) is 0 Å². The third-order valence-corrected chi connectivity index (χ3v) is 13.9. The van der Waals surface area contributed by atoms with Crippen molar-refractivity contribution >= 4 is 21.5 Å². The summed E-state index contributed by atoms with van der Waals surface area (Å²) in [6.07, 6.45) is 0. The van der Waals surface area contributed by atoms with E-state index in [1.807, 2.05) is 6.07 Å². The Kier molecular flexibility index (Phi) is 7.96. The Morgan fingerprint density at radius 1 is 0.306 bits per heavy atom. The molecule has 2 aliphatic carbocycles. The summed E-state index contributed by atoms with van der Waals surface area (Å²) in [5.41, 5.74) is 20.4. The molecule has 9 aromatic carbocycles. The van der Waals surface area contributed by atoms with Crippen LogP contribution in [0, 0.1) is 0 Å². The average Bonchev–Trinajstić information content (AvgIpc) is 3.69. The summed E-state index contributed by atoms with van der Waals surface area (Å²) in [6.45, 7) is 9.44. The quantitative estimate of drug-likeness (QED) is 0.173. The van der Waals surface area contributed by atoms with E-state index in [2.05, 4.69) is 216 Å². The summed E-state index contributed by atoms with van der Waals surface area (Å²) < 4.78 is 0. The largest absolute Gasteiger partial charge is 0.228 e. The molecule has 0 amide bonds. The molecule has 0 saturated heterocycles. The van der Waals surface area contributed by atoms with Crippen LogP contribution in [0.15, 0.2) is 194 Å². The Morgan fingerprint density at radius 3 is 1.69 bits per heavy atom. The lowest BCUT2D eigenvalue weighted by Crippen LogP contribution is -2.15. The highest BCUT2D eigenvalue weighted by atomic mass is 14.9. The molecule has 0 atom stereocenters. The summed E-state index contributed by atoms with van der Waals surface area (Å²) >= 11 is 0. The van der Waals surface area contributed by atoms with Crippen LogP contribution in [0.5, 0.6) is 0 Å². The van der Waals surface area contributed by atoms with Gasteiger partial charge in [-0.2, -0.15) is 0 Å². The first-order valence-corrected chi connectivity index (χ1v) is 21.7. The highest BCUT2D eigenvalue weighted by Gasteiger charge is 2.38. The molecule has 10 aromatic rings. The maximum atomic E-state index is 5.25. The predicted molar refractivity (Wildman–Crippen MR) is 259 cm³/mol. The van der Waals surface area contributed by atoms with Crippen LogP contribution in [0.4, 0.5) is 0 Å². The molecule has 2 heteroatoms. The summed E-state index contributed by atoms with van der Waals surface area (Å²) in [7, 11) is 0. The van der Waals surface area contributed by atoms with Gasteiger partial charge in [-0.25, -0.2) is 9.97 Å². The molecule has 1 aromatic heterocycles. The fourth-order valence-corrected chi connectivity index (χ4v) is 10.6. The van der Waals surface area contributed by atoms with Crippen molar-refractivity contribution in [1.82, 2.24) is 9.97 Å². The fraction of sp³-hybridized carbons (Fsp3) is 0.100. The second kappa shape index (κ2) is 13.5. The molecule has 0 aliphatic heterocycles. The predicted octanol–water partition coefficient (Wildman–Crippen LogP) is 15.7. The minimum Gasteiger partial charge on any atom is -0.228 e. The van der Waals surface area contributed by atoms with Crippen LogP contribution >= 0.6 is 0 Å². The van der Waals surface area contributed by atoms with Gasteiger partial charge in [-0.15, -0.1) is 0 Å². The van der Waals surface area contributed by atoms with Crippen molar-refractivity contribution in [2.45, 2.75) is 38.5 Å². The van der Waals surface area contributed by atoms with Crippen molar-refractivity contribution in [3.63, 3.8) is 0 Å². The highest BCUT2D eigenvalue weighted by Crippen LogP contribution is 2.55. The molecule has 2 aliphatic rings. The van der Waals surface area contributed by atoms with Crippen LogP contribution in [-0.4, -0.2) is 9.97 Å². The molecule has 0 saturated carbocycles. The van der Waals surface area contributed by atoms with E-state index in [0.717, 1.165) is 28.1 Å². The van der Waals surface area contributed by atoms with E-state index in [-0.39, 0.29) is 10.8 Å². The molecule has 294 valence electrons. The lowest BCUT2D eigenvalue weighted by atomic mass is 9.80. The smallest absolute Gasteiger partial charge is 0.160 e. The molecule has 0 fully saturated rings. The first-order chi connectivity index (χ1) is 30.2. The molecule has 12 rings (SSSR count). The molecule has 0 N–H and O–H groups in total. The van der Waals surface area contributed by atoms with Gasteiger partial charge in [0.1, 0.15) is 0 Å². The summed E-state index contributed by atoms with van der Waals surface area (Å²) in [4.78, 5) is 10.5. The van der Waals surface area contributed by atoms with Crippen LogP contribution in [0.2, 0.25) is 0 Å². The van der Waals surface area contributed by atoms with Crippen molar-refractivity contribution in [2.24, 2.45) is 0 Å². The van der Waals surface area contributed by atoms with Gasteiger partial charge >= 0.3 is 0 Å². The van der Waals surface area contributed by atoms with Crippen molar-refractivity contribution < 1.29 is 0 Å². The normalized spacial score (nSPS) is 14.1. The van der Waals surface area contributed by atoms with E-state index in [1.54, 1.807) is 0 Å². The summed E-state index contributed by atoms with van der Waals surface area (Å²) in [6, 6.07) is 71.0. The third-order valence-electron chi connectivity index (χ3n) is 13.9. The second-order valence-corrected chi connectivity index (χ2v) is 18.1. The van der Waals surface area contributed by atoms with Gasteiger partial charge in [0.05, 0.1) is 11.4 Å². The molecule has 1 heterocycles. The van der Waals surface area contributed by atoms with Crippen LogP contribution in [-0.2, 0) is 10.8 Å². The first kappa shape index (κ1) is 36.4. The third kappa shape index (κ3) is 5.49. The zero-order valence-electron chi connectivity index (χ0n) is 35.4. The maximum Gasteiger partial charge on any atom is 0.160 e. The Balaban J connectivity index is 0.967. The standard InChI is InChI=1S/C60H44N2/c1-59(2)50-26-13-12-24-47(50)57-46-23-11-10-22-45(46)48(35-53(57)59)37-28-30-38(31-29-37)54-36-55(62-58(61-54)39-16-6-5-7-17-39)43-21-14-20-42(32-43)44-25-15-27-51-56(44)49-33-40-18-8-9-19-41(40)34-52(49)60(51,3)4/h5-36H,1-4H3. The number of benzene rings is 9. The van der Waals surface area contributed by atoms with Gasteiger partial charge in [-0.3, -0.25) is 0 Å². The summed E-state index contributed by atoms with van der Waals surface area (Å²) in [5, 5.41) is 5.13. The second-order valence-electron chi connectivity index (χ2n) is 18.1. The van der Waals surface area contributed by atoms with E-state index in [4.69, 9.17) is 9.97 Å². The zero-order valence-corrected chi connectivity index (χ0v) is 35.4. The molecule has 0 spiro atoms. The van der Waals surface area contributed by atoms with Crippen molar-refractivity contribution in [1.29, 1.82) is 0 Å². The average molecular weight is 793 g/mol. The lowest BCUT2D eigenvalue weighted by molar-refractivity contribution is 0.661.